The summed E-state index contributed by atoms with van der Waals surface area (Å²) in [7, 11) is 0. The van der Waals surface area contributed by atoms with Gasteiger partial charge in [-0.3, -0.25) is 4.79 Å². The van der Waals surface area contributed by atoms with Gasteiger partial charge in [-0.25, -0.2) is 4.98 Å². The van der Waals surface area contributed by atoms with Gasteiger partial charge >= 0.3 is 0 Å². The standard InChI is InChI=1S/C12H12BrN3O2/c1-7-5-15-11(18-7)6-16-12(17)8-2-9(13)4-10(14)3-8/h2-5H,6,14H2,1H3,(H,16,17). The van der Waals surface area contributed by atoms with Crippen molar-refractivity contribution in [3.8, 4) is 0 Å². The number of nitrogens with one attached hydrogen (secondary N) is 1. The number of rotatable bonds is 3. The van der Waals surface area contributed by atoms with Crippen molar-refractivity contribution < 1.29 is 9.21 Å². The number of anilines is 1. The number of benzene rings is 1. The molecule has 3 N–H and O–H groups in total. The van der Waals surface area contributed by atoms with Crippen LogP contribution in [0.3, 0.4) is 0 Å². The molecule has 94 valence electrons. The first kappa shape index (κ1) is 12.6. The van der Waals surface area contributed by atoms with Crippen LogP contribution in [0.15, 0.2) is 33.3 Å². The van der Waals surface area contributed by atoms with Crippen molar-refractivity contribution in [1.82, 2.24) is 10.3 Å². The lowest BCUT2D eigenvalue weighted by atomic mass is 10.2. The number of nitrogen functional groups attached to an aromatic ring is 1. The van der Waals surface area contributed by atoms with Crippen molar-refractivity contribution in [1.29, 1.82) is 0 Å². The number of hydrogen-bond acceptors (Lipinski definition) is 4. The molecule has 0 spiro atoms. The van der Waals surface area contributed by atoms with Crippen LogP contribution in [0.4, 0.5) is 5.69 Å². The van der Waals surface area contributed by atoms with Gasteiger partial charge in [0.05, 0.1) is 12.7 Å². The normalized spacial score (nSPS) is 10.3. The fourth-order valence-corrected chi connectivity index (χ4v) is 2.00. The summed E-state index contributed by atoms with van der Waals surface area (Å²) < 4.78 is 6.02. The predicted molar refractivity (Wildman–Crippen MR) is 71.0 cm³/mol. The van der Waals surface area contributed by atoms with E-state index in [1.54, 1.807) is 31.3 Å². The molecule has 0 saturated carbocycles. The van der Waals surface area contributed by atoms with Crippen LogP contribution in [-0.4, -0.2) is 10.9 Å². The molecule has 0 radical (unpaired) electrons. The molecule has 0 aliphatic carbocycles. The summed E-state index contributed by atoms with van der Waals surface area (Å²) in [6.07, 6.45) is 1.61. The van der Waals surface area contributed by atoms with Gasteiger partial charge in [-0.15, -0.1) is 0 Å². The summed E-state index contributed by atoms with van der Waals surface area (Å²) in [5.74, 6) is 0.966. The number of nitrogens with zero attached hydrogens (tertiary/aromatic N) is 1. The molecule has 0 atom stereocenters. The highest BCUT2D eigenvalue weighted by molar-refractivity contribution is 9.10. The maximum absolute atomic E-state index is 11.9. The molecule has 18 heavy (non-hydrogen) atoms. The maximum atomic E-state index is 11.9. The van der Waals surface area contributed by atoms with E-state index in [0.29, 0.717) is 22.9 Å². The molecule has 2 aromatic rings. The molecule has 1 amide bonds. The van der Waals surface area contributed by atoms with E-state index in [0.717, 1.165) is 4.47 Å². The Bertz CT molecular complexity index is 560. The Labute approximate surface area is 113 Å². The van der Waals surface area contributed by atoms with E-state index in [-0.39, 0.29) is 12.5 Å². The van der Waals surface area contributed by atoms with Crippen LogP contribution in [0.1, 0.15) is 22.0 Å². The fraction of sp³-hybridized carbons (Fsp3) is 0.167. The second-order valence-electron chi connectivity index (χ2n) is 3.82. The van der Waals surface area contributed by atoms with Crippen LogP contribution in [0.5, 0.6) is 0 Å². The number of carbonyl (C=O) groups is 1. The predicted octanol–water partition coefficient (Wildman–Crippen LogP) is 2.26. The molecule has 0 aliphatic rings. The summed E-state index contributed by atoms with van der Waals surface area (Å²) in [5.41, 5.74) is 6.69. The van der Waals surface area contributed by atoms with Gasteiger partial charge in [0.2, 0.25) is 5.89 Å². The van der Waals surface area contributed by atoms with Gasteiger partial charge in [0.1, 0.15) is 5.76 Å². The molecule has 6 heteroatoms. The van der Waals surface area contributed by atoms with E-state index in [9.17, 15) is 4.79 Å². The molecule has 1 heterocycles. The van der Waals surface area contributed by atoms with Crippen LogP contribution < -0.4 is 11.1 Å². The third-order valence-corrected chi connectivity index (χ3v) is 2.71. The van der Waals surface area contributed by atoms with Crippen molar-refractivity contribution in [2.24, 2.45) is 0 Å². The second-order valence-corrected chi connectivity index (χ2v) is 4.74. The maximum Gasteiger partial charge on any atom is 0.251 e. The average molecular weight is 310 g/mol. The molecule has 0 fully saturated rings. The molecule has 0 saturated heterocycles. The van der Waals surface area contributed by atoms with Gasteiger partial charge in [-0.2, -0.15) is 0 Å². The highest BCUT2D eigenvalue weighted by Gasteiger charge is 2.08. The van der Waals surface area contributed by atoms with Crippen molar-refractivity contribution in [2.45, 2.75) is 13.5 Å². The summed E-state index contributed by atoms with van der Waals surface area (Å²) in [6, 6.07) is 5.04. The van der Waals surface area contributed by atoms with Crippen molar-refractivity contribution in [3.63, 3.8) is 0 Å². The number of halogens is 1. The van der Waals surface area contributed by atoms with Gasteiger partial charge in [0.25, 0.3) is 5.91 Å². The smallest absolute Gasteiger partial charge is 0.251 e. The van der Waals surface area contributed by atoms with Gasteiger partial charge in [-0.1, -0.05) is 15.9 Å². The highest BCUT2D eigenvalue weighted by Crippen LogP contribution is 2.17. The van der Waals surface area contributed by atoms with Crippen molar-refractivity contribution >= 4 is 27.5 Å². The Hall–Kier alpha value is -1.82. The summed E-state index contributed by atoms with van der Waals surface area (Å²) in [4.78, 5) is 15.9. The molecule has 0 unspecified atom stereocenters. The minimum absolute atomic E-state index is 0.223. The largest absolute Gasteiger partial charge is 0.444 e. The van der Waals surface area contributed by atoms with Gasteiger partial charge in [-0.05, 0) is 25.1 Å². The summed E-state index contributed by atoms with van der Waals surface area (Å²) in [6.45, 7) is 2.05. The minimum atomic E-state index is -0.223. The molecular formula is C12H12BrN3O2. The van der Waals surface area contributed by atoms with E-state index in [2.05, 4.69) is 26.2 Å². The molecule has 1 aromatic carbocycles. The molecular weight excluding hydrogens is 298 g/mol. The molecule has 5 nitrogen and oxygen atoms in total. The lowest BCUT2D eigenvalue weighted by Gasteiger charge is -2.04. The van der Waals surface area contributed by atoms with Crippen molar-refractivity contribution in [2.75, 3.05) is 5.73 Å². The first-order chi connectivity index (χ1) is 8.54. The van der Waals surface area contributed by atoms with Crippen LogP contribution in [0.2, 0.25) is 0 Å². The Morgan fingerprint density at radius 3 is 2.89 bits per heavy atom. The van der Waals surface area contributed by atoms with Crippen molar-refractivity contribution in [3.05, 3.63) is 46.1 Å². The lowest BCUT2D eigenvalue weighted by molar-refractivity contribution is 0.0947. The van der Waals surface area contributed by atoms with E-state index >= 15 is 0 Å². The Balaban J connectivity index is 2.03. The number of nitrogens with two attached hydrogens (primary N) is 1. The molecule has 2 rings (SSSR count). The second kappa shape index (κ2) is 5.22. The SMILES string of the molecule is Cc1cnc(CNC(=O)c2cc(N)cc(Br)c2)o1. The van der Waals surface area contributed by atoms with Crippen LogP contribution >= 0.6 is 15.9 Å². The Kier molecular flexibility index (Phi) is 3.66. The molecule has 0 aliphatic heterocycles. The number of carbonyl (C=O) groups excluding carboxylic acids is 1. The monoisotopic (exact) mass is 309 g/mol. The van der Waals surface area contributed by atoms with E-state index in [4.69, 9.17) is 10.2 Å². The number of amides is 1. The number of hydrogen-bond donors (Lipinski definition) is 2. The number of aryl methyl sites for hydroxylation is 1. The third kappa shape index (κ3) is 3.10. The quantitative estimate of drug-likeness (QED) is 0.852. The average Bonchev–Trinajstić information content (AvgIpc) is 2.70. The summed E-state index contributed by atoms with van der Waals surface area (Å²) >= 11 is 3.29. The minimum Gasteiger partial charge on any atom is -0.444 e. The van der Waals surface area contributed by atoms with E-state index in [1.807, 2.05) is 0 Å². The first-order valence-electron chi connectivity index (χ1n) is 5.30. The van der Waals surface area contributed by atoms with E-state index < -0.39 is 0 Å². The topological polar surface area (TPSA) is 81.2 Å². The zero-order chi connectivity index (χ0) is 13.1. The van der Waals surface area contributed by atoms with Gasteiger partial charge < -0.3 is 15.5 Å². The van der Waals surface area contributed by atoms with Gasteiger partial charge in [0, 0.05) is 15.7 Å². The number of aromatic nitrogens is 1. The van der Waals surface area contributed by atoms with Crippen LogP contribution in [0.25, 0.3) is 0 Å². The molecule has 0 bridgehead atoms. The van der Waals surface area contributed by atoms with Crippen LogP contribution in [-0.2, 0) is 6.54 Å². The first-order valence-corrected chi connectivity index (χ1v) is 6.09. The van der Waals surface area contributed by atoms with Crippen LogP contribution in [0, 0.1) is 6.92 Å². The van der Waals surface area contributed by atoms with Gasteiger partial charge in [0.15, 0.2) is 0 Å². The Morgan fingerprint density at radius 2 is 2.28 bits per heavy atom. The highest BCUT2D eigenvalue weighted by atomic mass is 79.9. The number of oxazole rings is 1. The zero-order valence-corrected chi connectivity index (χ0v) is 11.3. The molecule has 1 aromatic heterocycles. The Morgan fingerprint density at radius 1 is 1.50 bits per heavy atom. The lowest BCUT2D eigenvalue weighted by Crippen LogP contribution is -2.23. The third-order valence-electron chi connectivity index (χ3n) is 2.25. The summed E-state index contributed by atoms with van der Waals surface area (Å²) in [5, 5.41) is 2.71. The fourth-order valence-electron chi connectivity index (χ4n) is 1.48. The van der Waals surface area contributed by atoms with E-state index in [1.165, 1.54) is 0 Å². The zero-order valence-electron chi connectivity index (χ0n) is 9.74.